The minimum Gasteiger partial charge on any atom is -0.326 e. The number of hydrogen-bond donors (Lipinski definition) is 1. The van der Waals surface area contributed by atoms with Gasteiger partial charge in [0.2, 0.25) is 5.91 Å². The highest BCUT2D eigenvalue weighted by atomic mass is 35.5. The summed E-state index contributed by atoms with van der Waals surface area (Å²) in [5.74, 6) is 0.333. The van der Waals surface area contributed by atoms with Gasteiger partial charge < -0.3 is 5.32 Å². The van der Waals surface area contributed by atoms with Gasteiger partial charge in [-0.1, -0.05) is 49.4 Å². The number of anilines is 1. The maximum absolute atomic E-state index is 11.4. The minimum atomic E-state index is -0.0738. The number of aryl methyl sites for hydroxylation is 1. The molecule has 21 heavy (non-hydrogen) atoms. The molecule has 3 rings (SSSR count). The Labute approximate surface area is 130 Å². The number of carbonyl (C=O) groups excluding carboxylic acids is 1. The van der Waals surface area contributed by atoms with Crippen molar-refractivity contribution < 1.29 is 4.79 Å². The number of rotatable bonds is 3. The van der Waals surface area contributed by atoms with E-state index in [0.29, 0.717) is 6.42 Å². The summed E-state index contributed by atoms with van der Waals surface area (Å²) in [6.45, 7) is 2.15. The van der Waals surface area contributed by atoms with Gasteiger partial charge >= 0.3 is 0 Å². The molecule has 2 unspecified atom stereocenters. The lowest BCUT2D eigenvalue weighted by Crippen LogP contribution is -2.19. The lowest BCUT2D eigenvalue weighted by Gasteiger charge is -2.22. The molecule has 0 bridgehead atoms. The zero-order chi connectivity index (χ0) is 14.8. The van der Waals surface area contributed by atoms with Crippen molar-refractivity contribution >= 4 is 23.2 Å². The molecule has 1 amide bonds. The van der Waals surface area contributed by atoms with Crippen LogP contribution in [0.15, 0.2) is 48.5 Å². The predicted molar refractivity (Wildman–Crippen MR) is 86.8 cm³/mol. The van der Waals surface area contributed by atoms with Crippen molar-refractivity contribution in [2.75, 3.05) is 5.32 Å². The molecule has 3 heteroatoms. The molecule has 2 aromatic rings. The van der Waals surface area contributed by atoms with Gasteiger partial charge in [0.25, 0.3) is 0 Å². The van der Waals surface area contributed by atoms with Crippen LogP contribution in [0.5, 0.6) is 0 Å². The Morgan fingerprint density at radius 2 is 1.81 bits per heavy atom. The summed E-state index contributed by atoms with van der Waals surface area (Å²) < 4.78 is 0. The average molecular weight is 300 g/mol. The standard InChI is InChI=1S/C18H18ClNO/c1-12(13-5-3-2-4-6-13)18(19)15-7-9-16-14(11-15)8-10-17(21)20-16/h2-7,9,11-12,18H,8,10H2,1H3,(H,20,21). The molecule has 1 heterocycles. The van der Waals surface area contributed by atoms with E-state index in [-0.39, 0.29) is 17.2 Å². The Morgan fingerprint density at radius 3 is 2.57 bits per heavy atom. The fourth-order valence-corrected chi connectivity index (χ4v) is 3.07. The van der Waals surface area contributed by atoms with Crippen molar-refractivity contribution in [2.45, 2.75) is 31.1 Å². The quantitative estimate of drug-likeness (QED) is 0.821. The van der Waals surface area contributed by atoms with E-state index in [9.17, 15) is 4.79 Å². The van der Waals surface area contributed by atoms with Gasteiger partial charge in [-0.2, -0.15) is 0 Å². The van der Waals surface area contributed by atoms with Crippen LogP contribution in [0.25, 0.3) is 0 Å². The monoisotopic (exact) mass is 299 g/mol. The number of hydrogen-bond acceptors (Lipinski definition) is 1. The van der Waals surface area contributed by atoms with Crippen molar-refractivity contribution in [1.82, 2.24) is 0 Å². The van der Waals surface area contributed by atoms with Crippen LogP contribution < -0.4 is 5.32 Å². The van der Waals surface area contributed by atoms with E-state index in [0.717, 1.165) is 17.7 Å². The summed E-state index contributed by atoms with van der Waals surface area (Å²) in [6, 6.07) is 16.4. The van der Waals surface area contributed by atoms with Crippen LogP contribution in [-0.4, -0.2) is 5.91 Å². The molecule has 0 saturated heterocycles. The third-order valence-corrected chi connectivity index (χ3v) is 4.74. The van der Waals surface area contributed by atoms with E-state index < -0.39 is 0 Å². The third kappa shape index (κ3) is 2.96. The zero-order valence-corrected chi connectivity index (χ0v) is 12.7. The van der Waals surface area contributed by atoms with Gasteiger partial charge in [0.15, 0.2) is 0 Å². The molecule has 108 valence electrons. The summed E-state index contributed by atoms with van der Waals surface area (Å²) in [6.07, 6.45) is 1.34. The highest BCUT2D eigenvalue weighted by molar-refractivity contribution is 6.21. The number of benzene rings is 2. The van der Waals surface area contributed by atoms with Gasteiger partial charge in [-0.15, -0.1) is 11.6 Å². The molecule has 0 saturated carbocycles. The number of halogens is 1. The van der Waals surface area contributed by atoms with Crippen molar-refractivity contribution in [3.8, 4) is 0 Å². The Morgan fingerprint density at radius 1 is 1.05 bits per heavy atom. The maximum Gasteiger partial charge on any atom is 0.224 e. The normalized spacial score (nSPS) is 16.8. The first kappa shape index (κ1) is 14.2. The molecule has 1 N–H and O–H groups in total. The second-order valence-electron chi connectivity index (χ2n) is 5.57. The molecule has 2 nitrogen and oxygen atoms in total. The van der Waals surface area contributed by atoms with Crippen molar-refractivity contribution in [3.05, 3.63) is 65.2 Å². The van der Waals surface area contributed by atoms with E-state index in [1.165, 1.54) is 11.1 Å². The highest BCUT2D eigenvalue weighted by Crippen LogP contribution is 2.37. The fraction of sp³-hybridized carbons (Fsp3) is 0.278. The second-order valence-corrected chi connectivity index (χ2v) is 6.04. The summed E-state index contributed by atoms with van der Waals surface area (Å²) in [5, 5.41) is 2.83. The molecule has 0 spiro atoms. The first-order valence-corrected chi connectivity index (χ1v) is 7.70. The smallest absolute Gasteiger partial charge is 0.224 e. The molecule has 0 radical (unpaired) electrons. The zero-order valence-electron chi connectivity index (χ0n) is 12.0. The molecule has 2 aromatic carbocycles. The molecule has 2 atom stereocenters. The Hall–Kier alpha value is -1.80. The van der Waals surface area contributed by atoms with Crippen molar-refractivity contribution in [1.29, 1.82) is 0 Å². The number of fused-ring (bicyclic) bond motifs is 1. The topological polar surface area (TPSA) is 29.1 Å². The van der Waals surface area contributed by atoms with Crippen molar-refractivity contribution in [2.24, 2.45) is 0 Å². The van der Waals surface area contributed by atoms with Gasteiger partial charge in [0.05, 0.1) is 5.38 Å². The van der Waals surface area contributed by atoms with Crippen LogP contribution in [0.1, 0.15) is 41.3 Å². The fourth-order valence-electron chi connectivity index (χ4n) is 2.79. The SMILES string of the molecule is CC(c1ccccc1)C(Cl)c1ccc2c(c1)CCC(=O)N2. The van der Waals surface area contributed by atoms with Crippen LogP contribution in [0.2, 0.25) is 0 Å². The van der Waals surface area contributed by atoms with Gasteiger partial charge in [0, 0.05) is 18.0 Å². The van der Waals surface area contributed by atoms with Crippen LogP contribution in [0, 0.1) is 0 Å². The van der Waals surface area contributed by atoms with Gasteiger partial charge in [-0.3, -0.25) is 4.79 Å². The predicted octanol–water partition coefficient (Wildman–Crippen LogP) is 4.65. The van der Waals surface area contributed by atoms with Gasteiger partial charge in [-0.25, -0.2) is 0 Å². The highest BCUT2D eigenvalue weighted by Gasteiger charge is 2.21. The molecule has 1 aliphatic heterocycles. The number of carbonyl (C=O) groups is 1. The lowest BCUT2D eigenvalue weighted by molar-refractivity contribution is -0.116. The van der Waals surface area contributed by atoms with Crippen LogP contribution in [0.3, 0.4) is 0 Å². The second kappa shape index (κ2) is 5.90. The van der Waals surface area contributed by atoms with E-state index >= 15 is 0 Å². The average Bonchev–Trinajstić information content (AvgIpc) is 2.53. The summed E-state index contributed by atoms with van der Waals surface area (Å²) >= 11 is 6.68. The molecule has 0 aromatic heterocycles. The molecule has 1 aliphatic rings. The van der Waals surface area contributed by atoms with Gasteiger partial charge in [-0.05, 0) is 29.2 Å². The summed E-state index contributed by atoms with van der Waals surface area (Å²) in [7, 11) is 0. The lowest BCUT2D eigenvalue weighted by atomic mass is 9.91. The van der Waals surface area contributed by atoms with Crippen molar-refractivity contribution in [3.63, 3.8) is 0 Å². The maximum atomic E-state index is 11.4. The van der Waals surface area contributed by atoms with Crippen LogP contribution in [0.4, 0.5) is 5.69 Å². The number of alkyl halides is 1. The first-order valence-electron chi connectivity index (χ1n) is 7.27. The molecule has 0 fully saturated rings. The largest absolute Gasteiger partial charge is 0.326 e. The number of amides is 1. The third-order valence-electron chi connectivity index (χ3n) is 4.11. The van der Waals surface area contributed by atoms with E-state index in [4.69, 9.17) is 11.6 Å². The molecular weight excluding hydrogens is 282 g/mol. The van der Waals surface area contributed by atoms with E-state index in [1.807, 2.05) is 30.3 Å². The Kier molecular flexibility index (Phi) is 3.98. The van der Waals surface area contributed by atoms with E-state index in [2.05, 4.69) is 30.4 Å². The molecule has 0 aliphatic carbocycles. The minimum absolute atomic E-state index is 0.0738. The Balaban J connectivity index is 1.85. The molecular formula is C18H18ClNO. The van der Waals surface area contributed by atoms with Crippen LogP contribution >= 0.6 is 11.6 Å². The van der Waals surface area contributed by atoms with Crippen LogP contribution in [-0.2, 0) is 11.2 Å². The summed E-state index contributed by atoms with van der Waals surface area (Å²) in [4.78, 5) is 11.4. The summed E-state index contributed by atoms with van der Waals surface area (Å²) in [5.41, 5.74) is 4.45. The first-order chi connectivity index (χ1) is 10.1. The Bertz CT molecular complexity index is 654. The number of nitrogens with one attached hydrogen (secondary N) is 1. The van der Waals surface area contributed by atoms with Gasteiger partial charge in [0.1, 0.15) is 0 Å². The van der Waals surface area contributed by atoms with E-state index in [1.54, 1.807) is 0 Å².